The van der Waals surface area contributed by atoms with Crippen LogP contribution in [-0.4, -0.2) is 16.7 Å². The first-order valence-corrected chi connectivity index (χ1v) is 8.58. The fourth-order valence-corrected chi connectivity index (χ4v) is 3.44. The number of pyridine rings is 1. The molecule has 122 valence electrons. The fraction of sp³-hybridized carbons (Fsp3) is 0.421. The Balaban J connectivity index is 1.77. The standard InChI is InChI=1S/C19H22ClNO2/c1-13-7-16(20)9-18(19(13)22)15-8-17(11-21-10-15)23-12-14-5-3-2-4-6-14/h7-11,14,22H,2-6,12H2,1H3. The van der Waals surface area contributed by atoms with Crippen LogP contribution in [0.4, 0.5) is 0 Å². The minimum absolute atomic E-state index is 0.237. The fourth-order valence-electron chi connectivity index (χ4n) is 3.17. The van der Waals surface area contributed by atoms with Crippen molar-refractivity contribution in [2.75, 3.05) is 6.61 Å². The molecule has 0 spiro atoms. The Morgan fingerprint density at radius 1 is 1.17 bits per heavy atom. The van der Waals surface area contributed by atoms with Gasteiger partial charge in [0, 0.05) is 22.3 Å². The second-order valence-electron chi connectivity index (χ2n) is 6.34. The molecule has 0 atom stereocenters. The maximum atomic E-state index is 10.3. The van der Waals surface area contributed by atoms with Gasteiger partial charge in [-0.2, -0.15) is 0 Å². The molecule has 3 nitrogen and oxygen atoms in total. The summed E-state index contributed by atoms with van der Waals surface area (Å²) < 4.78 is 5.93. The van der Waals surface area contributed by atoms with Crippen molar-refractivity contribution in [1.82, 2.24) is 4.98 Å². The Bertz CT molecular complexity index is 681. The number of hydrogen-bond acceptors (Lipinski definition) is 3. The number of phenols is 1. The monoisotopic (exact) mass is 331 g/mol. The number of aromatic hydroxyl groups is 1. The van der Waals surface area contributed by atoms with E-state index in [2.05, 4.69) is 4.98 Å². The summed E-state index contributed by atoms with van der Waals surface area (Å²) in [6.45, 7) is 2.58. The lowest BCUT2D eigenvalue weighted by atomic mass is 9.90. The molecule has 1 aliphatic carbocycles. The van der Waals surface area contributed by atoms with E-state index in [0.29, 0.717) is 16.5 Å². The van der Waals surface area contributed by atoms with Crippen molar-refractivity contribution in [2.45, 2.75) is 39.0 Å². The Morgan fingerprint density at radius 3 is 2.74 bits per heavy atom. The lowest BCUT2D eigenvalue weighted by molar-refractivity contribution is 0.208. The zero-order valence-corrected chi connectivity index (χ0v) is 14.1. The molecule has 0 aliphatic heterocycles. The van der Waals surface area contributed by atoms with Gasteiger partial charge in [0.25, 0.3) is 0 Å². The van der Waals surface area contributed by atoms with Crippen LogP contribution in [0.15, 0.2) is 30.6 Å². The summed E-state index contributed by atoms with van der Waals surface area (Å²) in [5.74, 6) is 1.62. The molecule has 0 radical (unpaired) electrons. The van der Waals surface area contributed by atoms with Gasteiger partial charge >= 0.3 is 0 Å². The van der Waals surface area contributed by atoms with E-state index in [1.54, 1.807) is 24.5 Å². The molecule has 1 heterocycles. The van der Waals surface area contributed by atoms with Crippen LogP contribution >= 0.6 is 11.6 Å². The van der Waals surface area contributed by atoms with Crippen molar-refractivity contribution < 1.29 is 9.84 Å². The van der Waals surface area contributed by atoms with Crippen LogP contribution in [0.25, 0.3) is 11.1 Å². The Kier molecular flexibility index (Phi) is 5.06. The van der Waals surface area contributed by atoms with Gasteiger partial charge in [-0.1, -0.05) is 30.9 Å². The largest absolute Gasteiger partial charge is 0.507 e. The minimum atomic E-state index is 0.237. The highest BCUT2D eigenvalue weighted by Gasteiger charge is 2.15. The minimum Gasteiger partial charge on any atom is -0.507 e. The summed E-state index contributed by atoms with van der Waals surface area (Å²) in [7, 11) is 0. The molecule has 0 saturated heterocycles. The van der Waals surface area contributed by atoms with Crippen molar-refractivity contribution in [2.24, 2.45) is 5.92 Å². The summed E-state index contributed by atoms with van der Waals surface area (Å²) in [6, 6.07) is 5.42. The first kappa shape index (κ1) is 16.1. The van der Waals surface area contributed by atoms with Gasteiger partial charge in [0.15, 0.2) is 0 Å². The van der Waals surface area contributed by atoms with Gasteiger partial charge in [-0.3, -0.25) is 4.98 Å². The van der Waals surface area contributed by atoms with Crippen LogP contribution < -0.4 is 4.74 Å². The Morgan fingerprint density at radius 2 is 1.96 bits per heavy atom. The van der Waals surface area contributed by atoms with Gasteiger partial charge in [0.1, 0.15) is 11.5 Å². The van der Waals surface area contributed by atoms with Crippen LogP contribution in [0.2, 0.25) is 5.02 Å². The van der Waals surface area contributed by atoms with Gasteiger partial charge in [-0.15, -0.1) is 0 Å². The van der Waals surface area contributed by atoms with E-state index in [1.807, 2.05) is 13.0 Å². The maximum absolute atomic E-state index is 10.3. The maximum Gasteiger partial charge on any atom is 0.138 e. The molecule has 23 heavy (non-hydrogen) atoms. The average molecular weight is 332 g/mol. The normalized spacial score (nSPS) is 15.6. The van der Waals surface area contributed by atoms with Gasteiger partial charge in [0.05, 0.1) is 12.8 Å². The number of rotatable bonds is 4. The molecule has 1 aliphatic rings. The highest BCUT2D eigenvalue weighted by Crippen LogP contribution is 2.35. The third kappa shape index (κ3) is 3.97. The molecular formula is C19H22ClNO2. The number of benzene rings is 1. The molecule has 0 unspecified atom stereocenters. The summed E-state index contributed by atoms with van der Waals surface area (Å²) in [5, 5.41) is 10.9. The van der Waals surface area contributed by atoms with Gasteiger partial charge in [-0.05, 0) is 49.4 Å². The predicted molar refractivity (Wildman–Crippen MR) is 93.2 cm³/mol. The molecule has 0 bridgehead atoms. The molecule has 1 aromatic heterocycles. The first-order chi connectivity index (χ1) is 11.1. The number of nitrogens with zero attached hydrogens (tertiary/aromatic N) is 1. The number of aryl methyl sites for hydroxylation is 1. The van der Waals surface area contributed by atoms with E-state index in [-0.39, 0.29) is 5.75 Å². The topological polar surface area (TPSA) is 42.4 Å². The smallest absolute Gasteiger partial charge is 0.138 e. The van der Waals surface area contributed by atoms with E-state index in [0.717, 1.165) is 23.5 Å². The summed E-state index contributed by atoms with van der Waals surface area (Å²) in [6.07, 6.45) is 9.91. The molecular weight excluding hydrogens is 310 g/mol. The third-order valence-electron chi connectivity index (χ3n) is 4.50. The van der Waals surface area contributed by atoms with Crippen LogP contribution in [-0.2, 0) is 0 Å². The molecule has 1 fully saturated rings. The van der Waals surface area contributed by atoms with Crippen molar-refractivity contribution >= 4 is 11.6 Å². The Hall–Kier alpha value is -1.74. The summed E-state index contributed by atoms with van der Waals surface area (Å²) >= 11 is 6.11. The lowest BCUT2D eigenvalue weighted by Crippen LogP contribution is -2.15. The number of hydrogen-bond donors (Lipinski definition) is 1. The van der Waals surface area contributed by atoms with E-state index in [1.165, 1.54) is 32.1 Å². The highest BCUT2D eigenvalue weighted by atomic mass is 35.5. The van der Waals surface area contributed by atoms with E-state index in [4.69, 9.17) is 16.3 Å². The number of ether oxygens (including phenoxy) is 1. The summed E-state index contributed by atoms with van der Waals surface area (Å²) in [5.41, 5.74) is 2.25. The number of aromatic nitrogens is 1. The SMILES string of the molecule is Cc1cc(Cl)cc(-c2cncc(OCC3CCCCC3)c2)c1O. The zero-order valence-electron chi connectivity index (χ0n) is 13.4. The number of halogens is 1. The van der Waals surface area contributed by atoms with Gasteiger partial charge in [-0.25, -0.2) is 0 Å². The molecule has 1 N–H and O–H groups in total. The molecule has 2 aromatic rings. The van der Waals surface area contributed by atoms with Crippen LogP contribution in [0, 0.1) is 12.8 Å². The van der Waals surface area contributed by atoms with E-state index < -0.39 is 0 Å². The average Bonchev–Trinajstić information content (AvgIpc) is 2.57. The van der Waals surface area contributed by atoms with Crippen molar-refractivity contribution in [1.29, 1.82) is 0 Å². The van der Waals surface area contributed by atoms with E-state index in [9.17, 15) is 5.11 Å². The predicted octanol–water partition coefficient (Wildman–Crippen LogP) is 5.38. The Labute approximate surface area is 142 Å². The van der Waals surface area contributed by atoms with E-state index >= 15 is 0 Å². The second kappa shape index (κ2) is 7.22. The van der Waals surface area contributed by atoms with Crippen molar-refractivity contribution in [3.63, 3.8) is 0 Å². The highest BCUT2D eigenvalue weighted by molar-refractivity contribution is 6.31. The summed E-state index contributed by atoms with van der Waals surface area (Å²) in [4.78, 5) is 4.25. The second-order valence-corrected chi connectivity index (χ2v) is 6.78. The van der Waals surface area contributed by atoms with Crippen LogP contribution in [0.1, 0.15) is 37.7 Å². The molecule has 3 rings (SSSR count). The molecule has 4 heteroatoms. The van der Waals surface area contributed by atoms with Crippen LogP contribution in [0.5, 0.6) is 11.5 Å². The van der Waals surface area contributed by atoms with Crippen molar-refractivity contribution in [3.05, 3.63) is 41.2 Å². The molecule has 1 aromatic carbocycles. The molecule has 1 saturated carbocycles. The quantitative estimate of drug-likeness (QED) is 0.818. The lowest BCUT2D eigenvalue weighted by Gasteiger charge is -2.21. The zero-order chi connectivity index (χ0) is 16.2. The molecule has 0 amide bonds. The van der Waals surface area contributed by atoms with Crippen molar-refractivity contribution in [3.8, 4) is 22.6 Å². The van der Waals surface area contributed by atoms with Gasteiger partial charge in [0.2, 0.25) is 0 Å². The number of phenolic OH excluding ortho intramolecular Hbond substituents is 1. The third-order valence-corrected chi connectivity index (χ3v) is 4.72. The first-order valence-electron chi connectivity index (χ1n) is 8.21. The van der Waals surface area contributed by atoms with Gasteiger partial charge < -0.3 is 9.84 Å². The van der Waals surface area contributed by atoms with Crippen LogP contribution in [0.3, 0.4) is 0 Å².